The first-order valence-corrected chi connectivity index (χ1v) is 8.59. The highest BCUT2D eigenvalue weighted by Crippen LogP contribution is 2.38. The van der Waals surface area contributed by atoms with Crippen molar-refractivity contribution in [1.82, 2.24) is 0 Å². The summed E-state index contributed by atoms with van der Waals surface area (Å²) in [7, 11) is 0. The first-order valence-electron chi connectivity index (χ1n) is 6.71. The van der Waals surface area contributed by atoms with Crippen molar-refractivity contribution in [3.05, 3.63) is 27.7 Å². The van der Waals surface area contributed by atoms with Gasteiger partial charge < -0.3 is 4.74 Å². The van der Waals surface area contributed by atoms with Crippen LogP contribution in [0.1, 0.15) is 38.7 Å². The monoisotopic (exact) mass is 364 g/mol. The summed E-state index contributed by atoms with van der Waals surface area (Å²) in [6.07, 6.45) is 3.69. The summed E-state index contributed by atoms with van der Waals surface area (Å²) >= 11 is 15.8. The van der Waals surface area contributed by atoms with Gasteiger partial charge in [0.05, 0.1) is 11.1 Å². The van der Waals surface area contributed by atoms with Crippen molar-refractivity contribution in [2.45, 2.75) is 44.5 Å². The second kappa shape index (κ2) is 6.69. The molecule has 1 saturated carbocycles. The fraction of sp³-hybridized carbons (Fsp3) is 0.600. The number of halogens is 3. The first kappa shape index (κ1) is 15.5. The second-order valence-corrected chi connectivity index (χ2v) is 6.92. The highest BCUT2D eigenvalue weighted by Gasteiger charge is 2.26. The molecular weight excluding hydrogens is 347 g/mol. The van der Waals surface area contributed by atoms with E-state index in [9.17, 15) is 0 Å². The van der Waals surface area contributed by atoms with Crippen molar-refractivity contribution >= 4 is 39.1 Å². The van der Waals surface area contributed by atoms with Gasteiger partial charge in [0.2, 0.25) is 0 Å². The van der Waals surface area contributed by atoms with Crippen LogP contribution in [0.5, 0.6) is 5.75 Å². The standard InChI is InChI=1S/C15H19BrCl2O/c1-9-3-4-13(5-10(9)2)19-15-11(8-16)6-12(17)7-14(15)18/h6-7,9-10,13H,3-5,8H2,1-2H3. The molecule has 0 N–H and O–H groups in total. The lowest BCUT2D eigenvalue weighted by molar-refractivity contribution is 0.100. The van der Waals surface area contributed by atoms with Gasteiger partial charge >= 0.3 is 0 Å². The largest absolute Gasteiger partial charge is 0.489 e. The van der Waals surface area contributed by atoms with E-state index in [4.69, 9.17) is 27.9 Å². The van der Waals surface area contributed by atoms with Gasteiger partial charge in [-0.3, -0.25) is 0 Å². The van der Waals surface area contributed by atoms with Gasteiger partial charge in [0.15, 0.2) is 0 Å². The molecule has 2 rings (SSSR count). The number of alkyl halides is 1. The summed E-state index contributed by atoms with van der Waals surface area (Å²) in [6.45, 7) is 4.62. The van der Waals surface area contributed by atoms with Crippen LogP contribution in [-0.2, 0) is 5.33 Å². The highest BCUT2D eigenvalue weighted by molar-refractivity contribution is 9.08. The van der Waals surface area contributed by atoms with Gasteiger partial charge in [0, 0.05) is 15.9 Å². The Labute approximate surface area is 133 Å². The highest BCUT2D eigenvalue weighted by atomic mass is 79.9. The Bertz CT molecular complexity index is 450. The molecule has 4 heteroatoms. The van der Waals surface area contributed by atoms with E-state index in [1.807, 2.05) is 6.07 Å². The van der Waals surface area contributed by atoms with Crippen molar-refractivity contribution in [2.75, 3.05) is 0 Å². The first-order chi connectivity index (χ1) is 9.01. The molecule has 3 unspecified atom stereocenters. The molecule has 0 radical (unpaired) electrons. The predicted molar refractivity (Wildman–Crippen MR) is 85.7 cm³/mol. The molecule has 0 saturated heterocycles. The topological polar surface area (TPSA) is 9.23 Å². The van der Waals surface area contributed by atoms with Crippen molar-refractivity contribution in [1.29, 1.82) is 0 Å². The van der Waals surface area contributed by atoms with Gasteiger partial charge in [0.25, 0.3) is 0 Å². The third-order valence-corrected chi connectivity index (χ3v) is 5.17. The van der Waals surface area contributed by atoms with Crippen LogP contribution in [0.15, 0.2) is 12.1 Å². The van der Waals surface area contributed by atoms with Crippen LogP contribution in [-0.4, -0.2) is 6.10 Å². The molecule has 19 heavy (non-hydrogen) atoms. The summed E-state index contributed by atoms with van der Waals surface area (Å²) in [5, 5.41) is 1.95. The lowest BCUT2D eigenvalue weighted by Crippen LogP contribution is -2.29. The molecule has 0 amide bonds. The molecular formula is C15H19BrCl2O. The molecule has 0 heterocycles. The molecule has 1 nitrogen and oxygen atoms in total. The van der Waals surface area contributed by atoms with E-state index < -0.39 is 0 Å². The summed E-state index contributed by atoms with van der Waals surface area (Å²) < 4.78 is 6.16. The number of hydrogen-bond acceptors (Lipinski definition) is 1. The molecule has 0 bridgehead atoms. The van der Waals surface area contributed by atoms with Crippen LogP contribution in [0.3, 0.4) is 0 Å². The maximum absolute atomic E-state index is 6.27. The maximum Gasteiger partial charge on any atom is 0.142 e. The summed E-state index contributed by atoms with van der Waals surface area (Å²) in [5.41, 5.74) is 1.02. The number of ether oxygens (including phenoxy) is 1. The fourth-order valence-corrected chi connectivity index (χ4v) is 3.61. The van der Waals surface area contributed by atoms with Crippen molar-refractivity contribution < 1.29 is 4.74 Å². The van der Waals surface area contributed by atoms with Gasteiger partial charge in [-0.2, -0.15) is 0 Å². The van der Waals surface area contributed by atoms with Gasteiger partial charge in [-0.15, -0.1) is 0 Å². The van der Waals surface area contributed by atoms with Crippen LogP contribution in [0.25, 0.3) is 0 Å². The van der Waals surface area contributed by atoms with Crippen molar-refractivity contribution in [3.8, 4) is 5.75 Å². The summed E-state index contributed by atoms with van der Waals surface area (Å²) in [6, 6.07) is 3.66. The van der Waals surface area contributed by atoms with Gasteiger partial charge in [-0.1, -0.05) is 53.0 Å². The zero-order chi connectivity index (χ0) is 14.0. The summed E-state index contributed by atoms with van der Waals surface area (Å²) in [4.78, 5) is 0. The summed E-state index contributed by atoms with van der Waals surface area (Å²) in [5.74, 6) is 2.28. The average molecular weight is 366 g/mol. The minimum Gasteiger partial charge on any atom is -0.489 e. The fourth-order valence-electron chi connectivity index (χ4n) is 2.62. The number of benzene rings is 1. The molecule has 1 fully saturated rings. The molecule has 1 aromatic rings. The normalized spacial score (nSPS) is 27.3. The molecule has 1 aromatic carbocycles. The Hall–Kier alpha value is 0.0800. The van der Waals surface area contributed by atoms with Crippen LogP contribution >= 0.6 is 39.1 Å². The Morgan fingerprint density at radius 2 is 1.95 bits per heavy atom. The predicted octanol–water partition coefficient (Wildman–Crippen LogP) is 6.09. The van der Waals surface area contributed by atoms with E-state index >= 15 is 0 Å². The minimum atomic E-state index is 0.266. The van der Waals surface area contributed by atoms with E-state index in [-0.39, 0.29) is 6.10 Å². The van der Waals surface area contributed by atoms with E-state index in [2.05, 4.69) is 29.8 Å². The average Bonchev–Trinajstić information content (AvgIpc) is 2.36. The van der Waals surface area contributed by atoms with Gasteiger partial charge in [0.1, 0.15) is 5.75 Å². The van der Waals surface area contributed by atoms with Crippen LogP contribution in [0.2, 0.25) is 10.0 Å². The smallest absolute Gasteiger partial charge is 0.142 e. The quantitative estimate of drug-likeness (QED) is 0.588. The van der Waals surface area contributed by atoms with Crippen LogP contribution in [0, 0.1) is 11.8 Å². The Balaban J connectivity index is 2.15. The molecule has 1 aliphatic carbocycles. The van der Waals surface area contributed by atoms with Crippen LogP contribution < -0.4 is 4.74 Å². The van der Waals surface area contributed by atoms with Gasteiger partial charge in [-0.25, -0.2) is 0 Å². The Kier molecular flexibility index (Phi) is 5.45. The van der Waals surface area contributed by atoms with Gasteiger partial charge in [-0.05, 0) is 43.2 Å². The zero-order valence-electron chi connectivity index (χ0n) is 11.3. The molecule has 3 atom stereocenters. The number of hydrogen-bond donors (Lipinski definition) is 0. The Morgan fingerprint density at radius 1 is 1.21 bits per heavy atom. The van der Waals surface area contributed by atoms with E-state index in [1.165, 1.54) is 6.42 Å². The molecule has 0 aliphatic heterocycles. The molecule has 1 aliphatic rings. The molecule has 0 aromatic heterocycles. The van der Waals surface area contributed by atoms with E-state index in [0.717, 1.165) is 30.1 Å². The maximum atomic E-state index is 6.27. The zero-order valence-corrected chi connectivity index (χ0v) is 14.4. The lowest BCUT2D eigenvalue weighted by Gasteiger charge is -2.32. The lowest BCUT2D eigenvalue weighted by atomic mass is 9.80. The van der Waals surface area contributed by atoms with Crippen LogP contribution in [0.4, 0.5) is 0 Å². The van der Waals surface area contributed by atoms with E-state index in [1.54, 1.807) is 6.07 Å². The van der Waals surface area contributed by atoms with Crippen molar-refractivity contribution in [3.63, 3.8) is 0 Å². The second-order valence-electron chi connectivity index (χ2n) is 5.52. The molecule has 106 valence electrons. The minimum absolute atomic E-state index is 0.266. The van der Waals surface area contributed by atoms with E-state index in [0.29, 0.717) is 21.3 Å². The molecule has 0 spiro atoms. The Morgan fingerprint density at radius 3 is 2.58 bits per heavy atom. The third kappa shape index (κ3) is 3.80. The third-order valence-electron chi connectivity index (χ3n) is 4.06. The number of rotatable bonds is 3. The SMILES string of the molecule is CC1CCC(Oc2c(Cl)cc(Cl)cc2CBr)CC1C. The van der Waals surface area contributed by atoms with Crippen molar-refractivity contribution in [2.24, 2.45) is 11.8 Å².